The molecule has 1 heterocycles. The molecular formula is C19H28N2O3. The first-order valence-electron chi connectivity index (χ1n) is 8.65. The number of amides is 2. The van der Waals surface area contributed by atoms with Crippen molar-refractivity contribution in [2.24, 2.45) is 5.92 Å². The predicted molar refractivity (Wildman–Crippen MR) is 95.1 cm³/mol. The van der Waals surface area contributed by atoms with Crippen molar-refractivity contribution in [1.82, 2.24) is 5.32 Å². The van der Waals surface area contributed by atoms with E-state index in [1.807, 2.05) is 45.9 Å². The average Bonchev–Trinajstić information content (AvgIpc) is 2.91. The number of benzene rings is 1. The Balaban J connectivity index is 1.85. The van der Waals surface area contributed by atoms with Crippen LogP contribution in [-0.4, -0.2) is 37.6 Å². The first-order valence-corrected chi connectivity index (χ1v) is 8.65. The first kappa shape index (κ1) is 18.5. The number of anilines is 1. The number of ether oxygens (including phenoxy) is 1. The summed E-state index contributed by atoms with van der Waals surface area (Å²) in [5, 5.41) is 2.91. The van der Waals surface area contributed by atoms with Gasteiger partial charge in [-0.25, -0.2) is 0 Å². The van der Waals surface area contributed by atoms with Gasteiger partial charge in [0.05, 0.1) is 12.0 Å². The Hall–Kier alpha value is -1.88. The Kier molecular flexibility index (Phi) is 6.37. The van der Waals surface area contributed by atoms with Crippen LogP contribution in [0.1, 0.15) is 37.8 Å². The molecular weight excluding hydrogens is 304 g/mol. The minimum atomic E-state index is -0.273. The summed E-state index contributed by atoms with van der Waals surface area (Å²) >= 11 is 0. The van der Waals surface area contributed by atoms with Crippen molar-refractivity contribution in [3.8, 4) is 0 Å². The molecule has 132 valence electrons. The van der Waals surface area contributed by atoms with Crippen LogP contribution in [0.5, 0.6) is 0 Å². The number of rotatable bonds is 7. The van der Waals surface area contributed by atoms with Crippen molar-refractivity contribution in [3.63, 3.8) is 0 Å². The molecule has 0 saturated carbocycles. The lowest BCUT2D eigenvalue weighted by molar-refractivity contribution is -0.126. The van der Waals surface area contributed by atoms with Gasteiger partial charge in [-0.3, -0.25) is 9.59 Å². The van der Waals surface area contributed by atoms with E-state index in [0.29, 0.717) is 19.7 Å². The molecule has 1 aliphatic heterocycles. The highest BCUT2D eigenvalue weighted by Gasteiger charge is 2.34. The number of carbonyl (C=O) groups is 2. The monoisotopic (exact) mass is 332 g/mol. The van der Waals surface area contributed by atoms with Crippen molar-refractivity contribution in [3.05, 3.63) is 29.3 Å². The minimum Gasteiger partial charge on any atom is -0.379 e. The minimum absolute atomic E-state index is 0.0153. The van der Waals surface area contributed by atoms with Gasteiger partial charge in [0.1, 0.15) is 0 Å². The second kappa shape index (κ2) is 8.29. The zero-order valence-electron chi connectivity index (χ0n) is 15.1. The summed E-state index contributed by atoms with van der Waals surface area (Å²) < 4.78 is 5.45. The largest absolute Gasteiger partial charge is 0.379 e. The topological polar surface area (TPSA) is 58.6 Å². The third-order valence-corrected chi connectivity index (χ3v) is 4.37. The summed E-state index contributed by atoms with van der Waals surface area (Å²) in [5.74, 6) is -0.300. The Labute approximate surface area is 144 Å². The Morgan fingerprint density at radius 2 is 2.08 bits per heavy atom. The van der Waals surface area contributed by atoms with Crippen LogP contribution >= 0.6 is 0 Å². The Bertz CT molecular complexity index is 598. The molecule has 1 aliphatic rings. The van der Waals surface area contributed by atoms with Gasteiger partial charge in [0.2, 0.25) is 11.8 Å². The summed E-state index contributed by atoms with van der Waals surface area (Å²) in [6.45, 7) is 9.73. The molecule has 0 bridgehead atoms. The summed E-state index contributed by atoms with van der Waals surface area (Å²) in [6.07, 6.45) is 1.27. The first-order chi connectivity index (χ1) is 11.4. The predicted octanol–water partition coefficient (Wildman–Crippen LogP) is 2.59. The van der Waals surface area contributed by atoms with Crippen molar-refractivity contribution in [2.75, 3.05) is 24.6 Å². The van der Waals surface area contributed by atoms with Gasteiger partial charge in [-0.05, 0) is 57.4 Å². The van der Waals surface area contributed by atoms with Crippen LogP contribution in [0.2, 0.25) is 0 Å². The van der Waals surface area contributed by atoms with Gasteiger partial charge in [0.25, 0.3) is 0 Å². The highest BCUT2D eigenvalue weighted by Crippen LogP contribution is 2.26. The highest BCUT2D eigenvalue weighted by molar-refractivity contribution is 6.00. The average molecular weight is 332 g/mol. The normalized spacial score (nSPS) is 17.6. The van der Waals surface area contributed by atoms with Gasteiger partial charge in [-0.1, -0.05) is 6.07 Å². The molecule has 1 aromatic carbocycles. The van der Waals surface area contributed by atoms with Gasteiger partial charge < -0.3 is 15.0 Å². The third-order valence-electron chi connectivity index (χ3n) is 4.37. The maximum absolute atomic E-state index is 12.3. The van der Waals surface area contributed by atoms with Gasteiger partial charge in [0, 0.05) is 31.8 Å². The lowest BCUT2D eigenvalue weighted by Crippen LogP contribution is -2.34. The van der Waals surface area contributed by atoms with E-state index in [0.717, 1.165) is 17.7 Å². The molecule has 5 heteroatoms. The van der Waals surface area contributed by atoms with E-state index >= 15 is 0 Å². The molecule has 2 amide bonds. The molecule has 1 aromatic rings. The number of nitrogens with zero attached hydrogens (tertiary/aromatic N) is 1. The van der Waals surface area contributed by atoms with E-state index in [9.17, 15) is 9.59 Å². The Morgan fingerprint density at radius 1 is 1.33 bits per heavy atom. The molecule has 0 aliphatic carbocycles. The fraction of sp³-hybridized carbons (Fsp3) is 0.579. The van der Waals surface area contributed by atoms with Gasteiger partial charge in [-0.2, -0.15) is 0 Å². The van der Waals surface area contributed by atoms with E-state index in [4.69, 9.17) is 4.74 Å². The van der Waals surface area contributed by atoms with Gasteiger partial charge >= 0.3 is 0 Å². The fourth-order valence-electron chi connectivity index (χ4n) is 2.77. The lowest BCUT2D eigenvalue weighted by Gasteiger charge is -2.18. The molecule has 1 atom stereocenters. The van der Waals surface area contributed by atoms with Crippen LogP contribution < -0.4 is 10.2 Å². The van der Waals surface area contributed by atoms with Crippen LogP contribution in [0.3, 0.4) is 0 Å². The fourth-order valence-corrected chi connectivity index (χ4v) is 2.77. The van der Waals surface area contributed by atoms with Crippen LogP contribution in [-0.2, 0) is 14.3 Å². The summed E-state index contributed by atoms with van der Waals surface area (Å²) in [7, 11) is 0. The molecule has 0 spiro atoms. The summed E-state index contributed by atoms with van der Waals surface area (Å²) in [4.78, 5) is 26.2. The maximum Gasteiger partial charge on any atom is 0.227 e. The smallest absolute Gasteiger partial charge is 0.227 e. The SMILES string of the molecule is Cc1ccc(N2C[C@H](C(=O)NCCCOC(C)C)CC2=O)cc1C. The lowest BCUT2D eigenvalue weighted by atomic mass is 10.1. The molecule has 1 fully saturated rings. The quantitative estimate of drug-likeness (QED) is 0.781. The van der Waals surface area contributed by atoms with Gasteiger partial charge in [0.15, 0.2) is 0 Å². The number of aryl methyl sites for hydroxylation is 2. The molecule has 1 N–H and O–H groups in total. The zero-order chi connectivity index (χ0) is 17.7. The zero-order valence-corrected chi connectivity index (χ0v) is 15.1. The van der Waals surface area contributed by atoms with E-state index < -0.39 is 0 Å². The third kappa shape index (κ3) is 4.81. The molecule has 24 heavy (non-hydrogen) atoms. The van der Waals surface area contributed by atoms with Crippen LogP contribution in [0, 0.1) is 19.8 Å². The second-order valence-electron chi connectivity index (χ2n) is 6.74. The van der Waals surface area contributed by atoms with Crippen LogP contribution in [0.4, 0.5) is 5.69 Å². The van der Waals surface area contributed by atoms with Crippen molar-refractivity contribution >= 4 is 17.5 Å². The van der Waals surface area contributed by atoms with E-state index in [1.165, 1.54) is 5.56 Å². The molecule has 2 rings (SSSR count). The standard InChI is InChI=1S/C19H28N2O3/c1-13(2)24-9-5-8-20-19(23)16-11-18(22)21(12-16)17-7-6-14(3)15(4)10-17/h6-7,10,13,16H,5,8-9,11-12H2,1-4H3,(H,20,23)/t16-/m1/s1. The number of hydrogen-bond acceptors (Lipinski definition) is 3. The maximum atomic E-state index is 12.3. The Morgan fingerprint density at radius 3 is 2.75 bits per heavy atom. The summed E-state index contributed by atoms with van der Waals surface area (Å²) in [5.41, 5.74) is 3.23. The van der Waals surface area contributed by atoms with Crippen molar-refractivity contribution < 1.29 is 14.3 Å². The second-order valence-corrected chi connectivity index (χ2v) is 6.74. The number of carbonyl (C=O) groups excluding carboxylic acids is 2. The molecule has 0 aromatic heterocycles. The van der Waals surface area contributed by atoms with Gasteiger partial charge in [-0.15, -0.1) is 0 Å². The van der Waals surface area contributed by atoms with Crippen molar-refractivity contribution in [1.29, 1.82) is 0 Å². The molecule has 0 unspecified atom stereocenters. The molecule has 0 radical (unpaired) electrons. The van der Waals surface area contributed by atoms with Crippen LogP contribution in [0.15, 0.2) is 18.2 Å². The summed E-state index contributed by atoms with van der Waals surface area (Å²) in [6, 6.07) is 5.97. The molecule has 1 saturated heterocycles. The highest BCUT2D eigenvalue weighted by atomic mass is 16.5. The number of hydrogen-bond donors (Lipinski definition) is 1. The van der Waals surface area contributed by atoms with Crippen molar-refractivity contribution in [2.45, 2.75) is 46.6 Å². The van der Waals surface area contributed by atoms with Crippen LogP contribution in [0.25, 0.3) is 0 Å². The number of nitrogens with one attached hydrogen (secondary N) is 1. The van der Waals surface area contributed by atoms with E-state index in [2.05, 4.69) is 5.32 Å². The van der Waals surface area contributed by atoms with E-state index in [1.54, 1.807) is 4.90 Å². The molecule has 5 nitrogen and oxygen atoms in total. The van der Waals surface area contributed by atoms with E-state index in [-0.39, 0.29) is 30.3 Å².